The highest BCUT2D eigenvalue weighted by Crippen LogP contribution is 2.29. The third kappa shape index (κ3) is 4.20. The second kappa shape index (κ2) is 8.70. The highest BCUT2D eigenvalue weighted by molar-refractivity contribution is 7.99. The summed E-state index contributed by atoms with van der Waals surface area (Å²) >= 11 is 1.36. The number of thioether (sulfide) groups is 1. The molecule has 0 radical (unpaired) electrons. The molecular formula is C22H18N4O2S. The molecule has 2 heterocycles. The van der Waals surface area contributed by atoms with Crippen molar-refractivity contribution in [1.29, 1.82) is 0 Å². The summed E-state index contributed by atoms with van der Waals surface area (Å²) in [5, 5.41) is 9.34. The van der Waals surface area contributed by atoms with E-state index in [1.165, 1.54) is 11.8 Å². The lowest BCUT2D eigenvalue weighted by molar-refractivity contribution is 0.102. The van der Waals surface area contributed by atoms with E-state index in [2.05, 4.69) is 15.2 Å². The molecule has 0 unspecified atom stereocenters. The number of rotatable bonds is 7. The monoisotopic (exact) mass is 402 g/mol. The summed E-state index contributed by atoms with van der Waals surface area (Å²) in [5.74, 6) is 1.74. The fourth-order valence-electron chi connectivity index (χ4n) is 2.85. The number of carbonyl (C=O) groups is 1. The summed E-state index contributed by atoms with van der Waals surface area (Å²) in [6.45, 7) is 0. The first-order valence-corrected chi connectivity index (χ1v) is 9.96. The molecule has 0 saturated heterocycles. The molecule has 6 nitrogen and oxygen atoms in total. The topological polar surface area (TPSA) is 69.9 Å². The minimum Gasteiger partial charge on any atom is -0.497 e. The summed E-state index contributed by atoms with van der Waals surface area (Å²) in [6, 6.07) is 20.7. The molecule has 0 fully saturated rings. The van der Waals surface area contributed by atoms with Crippen LogP contribution in [0.4, 0.5) is 0 Å². The van der Waals surface area contributed by atoms with Gasteiger partial charge in [0.15, 0.2) is 16.8 Å². The SMILES string of the molecule is COc1ccc(-n2c(SCC(=O)c3ccccc3)nnc2-c2cccnc2)cc1. The Labute approximate surface area is 172 Å². The van der Waals surface area contributed by atoms with Crippen LogP contribution in [0.3, 0.4) is 0 Å². The number of hydrogen-bond donors (Lipinski definition) is 0. The molecule has 7 heteroatoms. The van der Waals surface area contributed by atoms with Crippen molar-refractivity contribution in [1.82, 2.24) is 19.7 Å². The number of methoxy groups -OCH3 is 1. The Morgan fingerprint density at radius 1 is 1.00 bits per heavy atom. The van der Waals surface area contributed by atoms with Crippen molar-refractivity contribution in [3.05, 3.63) is 84.7 Å². The summed E-state index contributed by atoms with van der Waals surface area (Å²) in [7, 11) is 1.63. The average Bonchev–Trinajstić information content (AvgIpc) is 3.22. The molecule has 0 atom stereocenters. The van der Waals surface area contributed by atoms with Crippen molar-refractivity contribution in [2.24, 2.45) is 0 Å². The number of carbonyl (C=O) groups excluding carboxylic acids is 1. The van der Waals surface area contributed by atoms with E-state index < -0.39 is 0 Å². The Morgan fingerprint density at radius 3 is 2.48 bits per heavy atom. The molecule has 2 aromatic heterocycles. The van der Waals surface area contributed by atoms with Gasteiger partial charge in [0, 0.05) is 29.2 Å². The largest absolute Gasteiger partial charge is 0.497 e. The lowest BCUT2D eigenvalue weighted by atomic mass is 10.2. The fraction of sp³-hybridized carbons (Fsp3) is 0.0909. The summed E-state index contributed by atoms with van der Waals surface area (Å²) < 4.78 is 7.19. The Bertz CT molecular complexity index is 1100. The van der Waals surface area contributed by atoms with Crippen LogP contribution < -0.4 is 4.74 Å². The maximum absolute atomic E-state index is 12.5. The molecule has 0 bridgehead atoms. The first-order valence-electron chi connectivity index (χ1n) is 8.97. The molecule has 0 aliphatic rings. The molecule has 29 heavy (non-hydrogen) atoms. The fourth-order valence-corrected chi connectivity index (χ4v) is 3.69. The van der Waals surface area contributed by atoms with Crippen LogP contribution >= 0.6 is 11.8 Å². The molecule has 0 aliphatic carbocycles. The van der Waals surface area contributed by atoms with Crippen LogP contribution in [0.1, 0.15) is 10.4 Å². The van der Waals surface area contributed by atoms with Crippen LogP contribution in [-0.4, -0.2) is 38.4 Å². The van der Waals surface area contributed by atoms with Crippen molar-refractivity contribution in [3.63, 3.8) is 0 Å². The molecule has 2 aromatic carbocycles. The van der Waals surface area contributed by atoms with Gasteiger partial charge in [0.1, 0.15) is 5.75 Å². The van der Waals surface area contributed by atoms with E-state index in [9.17, 15) is 4.79 Å². The smallest absolute Gasteiger partial charge is 0.196 e. The predicted molar refractivity (Wildman–Crippen MR) is 113 cm³/mol. The van der Waals surface area contributed by atoms with Crippen molar-refractivity contribution in [2.75, 3.05) is 12.9 Å². The molecule has 0 saturated carbocycles. The molecule has 0 N–H and O–H groups in total. The summed E-state index contributed by atoms with van der Waals surface area (Å²) in [5.41, 5.74) is 2.41. The maximum atomic E-state index is 12.5. The third-order valence-corrected chi connectivity index (χ3v) is 5.24. The van der Waals surface area contributed by atoms with Crippen molar-refractivity contribution in [2.45, 2.75) is 5.16 Å². The van der Waals surface area contributed by atoms with E-state index in [0.29, 0.717) is 16.5 Å². The Kier molecular flexibility index (Phi) is 5.67. The number of hydrogen-bond acceptors (Lipinski definition) is 6. The molecule has 0 spiro atoms. The molecule has 144 valence electrons. The van der Waals surface area contributed by atoms with Crippen LogP contribution in [0.15, 0.2) is 84.3 Å². The average molecular weight is 402 g/mol. The van der Waals surface area contributed by atoms with E-state index in [0.717, 1.165) is 17.0 Å². The number of pyridine rings is 1. The van der Waals surface area contributed by atoms with Gasteiger partial charge in [-0.25, -0.2) is 0 Å². The van der Waals surface area contributed by atoms with Crippen LogP contribution in [0.5, 0.6) is 5.75 Å². The Hall–Kier alpha value is -3.45. The highest BCUT2D eigenvalue weighted by atomic mass is 32.2. The molecule has 0 amide bonds. The summed E-state index contributed by atoms with van der Waals surface area (Å²) in [6.07, 6.45) is 3.46. The standard InChI is InChI=1S/C22H18N4O2S/c1-28-19-11-9-18(10-12-19)26-21(17-8-5-13-23-14-17)24-25-22(26)29-15-20(27)16-6-3-2-4-7-16/h2-14H,15H2,1H3. The molecular weight excluding hydrogens is 384 g/mol. The highest BCUT2D eigenvalue weighted by Gasteiger charge is 2.18. The number of benzene rings is 2. The normalized spacial score (nSPS) is 10.7. The van der Waals surface area contributed by atoms with Gasteiger partial charge in [-0.3, -0.25) is 14.3 Å². The van der Waals surface area contributed by atoms with Gasteiger partial charge in [-0.05, 0) is 36.4 Å². The van der Waals surface area contributed by atoms with Gasteiger partial charge >= 0.3 is 0 Å². The van der Waals surface area contributed by atoms with Gasteiger partial charge < -0.3 is 4.74 Å². The zero-order valence-corrected chi connectivity index (χ0v) is 16.5. The van der Waals surface area contributed by atoms with Crippen molar-refractivity contribution >= 4 is 17.5 Å². The second-order valence-corrected chi connectivity index (χ2v) is 7.10. The van der Waals surface area contributed by atoms with Gasteiger partial charge in [0.2, 0.25) is 0 Å². The lowest BCUT2D eigenvalue weighted by Gasteiger charge is -2.11. The first-order chi connectivity index (χ1) is 14.3. The zero-order valence-electron chi connectivity index (χ0n) is 15.7. The van der Waals surface area contributed by atoms with E-state index in [1.807, 2.05) is 71.3 Å². The quantitative estimate of drug-likeness (QED) is 0.339. The predicted octanol–water partition coefficient (Wildman–Crippen LogP) is 4.31. The minimum atomic E-state index is 0.0443. The number of aromatic nitrogens is 4. The van der Waals surface area contributed by atoms with Crippen LogP contribution in [0, 0.1) is 0 Å². The second-order valence-electron chi connectivity index (χ2n) is 6.16. The van der Waals surface area contributed by atoms with Crippen LogP contribution in [0.25, 0.3) is 17.1 Å². The number of ether oxygens (including phenoxy) is 1. The van der Waals surface area contributed by atoms with Crippen LogP contribution in [-0.2, 0) is 0 Å². The van der Waals surface area contributed by atoms with E-state index in [1.54, 1.807) is 19.5 Å². The van der Waals surface area contributed by atoms with E-state index >= 15 is 0 Å². The van der Waals surface area contributed by atoms with Crippen molar-refractivity contribution < 1.29 is 9.53 Å². The minimum absolute atomic E-state index is 0.0443. The zero-order chi connectivity index (χ0) is 20.1. The Morgan fingerprint density at radius 2 is 1.79 bits per heavy atom. The lowest BCUT2D eigenvalue weighted by Crippen LogP contribution is -2.05. The van der Waals surface area contributed by atoms with E-state index in [-0.39, 0.29) is 11.5 Å². The van der Waals surface area contributed by atoms with Crippen LogP contribution in [0.2, 0.25) is 0 Å². The van der Waals surface area contributed by atoms with Crippen molar-refractivity contribution in [3.8, 4) is 22.8 Å². The maximum Gasteiger partial charge on any atom is 0.196 e. The third-order valence-electron chi connectivity index (χ3n) is 4.31. The summed E-state index contributed by atoms with van der Waals surface area (Å²) in [4.78, 5) is 16.7. The van der Waals surface area contributed by atoms with E-state index in [4.69, 9.17) is 4.74 Å². The van der Waals surface area contributed by atoms with Gasteiger partial charge in [0.25, 0.3) is 0 Å². The van der Waals surface area contributed by atoms with Gasteiger partial charge in [-0.15, -0.1) is 10.2 Å². The number of Topliss-reactive ketones (excluding diaryl/α,β-unsaturated/α-hetero) is 1. The van der Waals surface area contributed by atoms with Gasteiger partial charge in [-0.1, -0.05) is 42.1 Å². The van der Waals surface area contributed by atoms with Gasteiger partial charge in [0.05, 0.1) is 12.9 Å². The number of ketones is 1. The molecule has 0 aliphatic heterocycles. The molecule has 4 rings (SSSR count). The Balaban J connectivity index is 1.68. The first kappa shape index (κ1) is 18.9. The molecule has 4 aromatic rings. The number of nitrogens with zero attached hydrogens (tertiary/aromatic N) is 4. The van der Waals surface area contributed by atoms with Gasteiger partial charge in [-0.2, -0.15) is 0 Å².